The zero-order valence-corrected chi connectivity index (χ0v) is 13.3. The highest BCUT2D eigenvalue weighted by Gasteiger charge is 2.21. The quantitative estimate of drug-likeness (QED) is 0.903. The Kier molecular flexibility index (Phi) is 4.77. The summed E-state index contributed by atoms with van der Waals surface area (Å²) in [4.78, 5) is 16.5. The zero-order chi connectivity index (χ0) is 15.4. The Labute approximate surface area is 132 Å². The number of thioether (sulfide) groups is 1. The van der Waals surface area contributed by atoms with Crippen molar-refractivity contribution in [2.75, 3.05) is 11.5 Å². The Morgan fingerprint density at radius 2 is 2.36 bits per heavy atom. The lowest BCUT2D eigenvalue weighted by Gasteiger charge is -2.17. The monoisotopic (exact) mass is 321 g/mol. The van der Waals surface area contributed by atoms with E-state index in [4.69, 9.17) is 4.52 Å². The SMILES string of the molecule is C[C@@H](C(=O)NCc1nc(C2CCSCC2)no1)n1cccn1. The molecular formula is C14H19N5O2S. The number of hydrogen-bond donors (Lipinski definition) is 1. The fourth-order valence-corrected chi connectivity index (χ4v) is 3.51. The van der Waals surface area contributed by atoms with E-state index in [2.05, 4.69) is 20.6 Å². The number of aromatic nitrogens is 4. The van der Waals surface area contributed by atoms with Gasteiger partial charge in [-0.2, -0.15) is 21.8 Å². The largest absolute Gasteiger partial charge is 0.345 e. The van der Waals surface area contributed by atoms with Crippen molar-refractivity contribution in [1.29, 1.82) is 0 Å². The Morgan fingerprint density at radius 3 is 3.09 bits per heavy atom. The highest BCUT2D eigenvalue weighted by molar-refractivity contribution is 7.99. The molecule has 1 amide bonds. The first-order chi connectivity index (χ1) is 10.7. The minimum absolute atomic E-state index is 0.127. The van der Waals surface area contributed by atoms with Gasteiger partial charge >= 0.3 is 0 Å². The van der Waals surface area contributed by atoms with Crippen LogP contribution < -0.4 is 5.32 Å². The molecule has 1 aliphatic heterocycles. The summed E-state index contributed by atoms with van der Waals surface area (Å²) in [7, 11) is 0. The molecule has 0 saturated carbocycles. The molecule has 1 aliphatic rings. The van der Waals surface area contributed by atoms with Gasteiger partial charge in [0.1, 0.15) is 6.04 Å². The van der Waals surface area contributed by atoms with E-state index in [1.165, 1.54) is 0 Å². The molecule has 1 saturated heterocycles. The van der Waals surface area contributed by atoms with Crippen molar-refractivity contribution in [3.8, 4) is 0 Å². The predicted octanol–water partition coefficient (Wildman–Crippen LogP) is 1.75. The summed E-state index contributed by atoms with van der Waals surface area (Å²) in [5, 5.41) is 10.9. The van der Waals surface area contributed by atoms with E-state index in [0.717, 1.165) is 30.2 Å². The average Bonchev–Trinajstić information content (AvgIpc) is 3.24. The maximum Gasteiger partial charge on any atom is 0.246 e. The van der Waals surface area contributed by atoms with Crippen molar-refractivity contribution in [2.24, 2.45) is 0 Å². The van der Waals surface area contributed by atoms with E-state index in [0.29, 0.717) is 11.8 Å². The molecule has 7 nitrogen and oxygen atoms in total. The Bertz CT molecular complexity index is 607. The molecule has 0 spiro atoms. The van der Waals surface area contributed by atoms with Gasteiger partial charge in [-0.15, -0.1) is 0 Å². The second kappa shape index (κ2) is 6.95. The third-order valence-electron chi connectivity index (χ3n) is 3.79. The molecule has 2 aromatic rings. The first kappa shape index (κ1) is 15.1. The van der Waals surface area contributed by atoms with E-state index in [9.17, 15) is 4.79 Å². The minimum atomic E-state index is -0.368. The number of nitrogens with one attached hydrogen (secondary N) is 1. The molecule has 1 N–H and O–H groups in total. The van der Waals surface area contributed by atoms with Crippen LogP contribution in [0.2, 0.25) is 0 Å². The van der Waals surface area contributed by atoms with Gasteiger partial charge in [-0.1, -0.05) is 5.16 Å². The molecule has 2 aromatic heterocycles. The van der Waals surface area contributed by atoms with E-state index in [-0.39, 0.29) is 18.5 Å². The Morgan fingerprint density at radius 1 is 1.55 bits per heavy atom. The zero-order valence-electron chi connectivity index (χ0n) is 12.4. The lowest BCUT2D eigenvalue weighted by molar-refractivity contribution is -0.124. The second-order valence-corrected chi connectivity index (χ2v) is 6.54. The highest BCUT2D eigenvalue weighted by Crippen LogP contribution is 2.29. The van der Waals surface area contributed by atoms with Gasteiger partial charge in [0, 0.05) is 18.3 Å². The molecule has 0 unspecified atom stereocenters. The van der Waals surface area contributed by atoms with Crippen molar-refractivity contribution in [3.05, 3.63) is 30.2 Å². The summed E-state index contributed by atoms with van der Waals surface area (Å²) >= 11 is 1.96. The fraction of sp³-hybridized carbons (Fsp3) is 0.571. The molecule has 3 rings (SSSR count). The van der Waals surface area contributed by atoms with Crippen LogP contribution >= 0.6 is 11.8 Å². The molecule has 0 radical (unpaired) electrons. The fourth-order valence-electron chi connectivity index (χ4n) is 2.40. The van der Waals surface area contributed by atoms with Crippen molar-refractivity contribution < 1.29 is 9.32 Å². The van der Waals surface area contributed by atoms with Crippen LogP contribution in [0.15, 0.2) is 23.0 Å². The summed E-state index contributed by atoms with van der Waals surface area (Å²) in [5.41, 5.74) is 0. The van der Waals surface area contributed by atoms with Crippen molar-refractivity contribution >= 4 is 17.7 Å². The van der Waals surface area contributed by atoms with E-state index < -0.39 is 0 Å². The van der Waals surface area contributed by atoms with Gasteiger partial charge in [0.05, 0.1) is 6.54 Å². The van der Waals surface area contributed by atoms with Gasteiger partial charge in [-0.25, -0.2) is 0 Å². The van der Waals surface area contributed by atoms with Gasteiger partial charge in [0.15, 0.2) is 5.82 Å². The standard InChI is InChI=1S/C14H19N5O2S/c1-10(19-6-2-5-16-19)14(20)15-9-12-17-13(18-21-12)11-3-7-22-8-4-11/h2,5-6,10-11H,3-4,7-9H2,1H3,(H,15,20)/t10-/m0/s1. The molecule has 0 bridgehead atoms. The number of amides is 1. The van der Waals surface area contributed by atoms with Crippen molar-refractivity contribution in [3.63, 3.8) is 0 Å². The molecule has 3 heterocycles. The first-order valence-electron chi connectivity index (χ1n) is 7.41. The molecule has 118 valence electrons. The van der Waals surface area contributed by atoms with Crippen LogP contribution in [-0.2, 0) is 11.3 Å². The van der Waals surface area contributed by atoms with Gasteiger partial charge in [-0.05, 0) is 37.3 Å². The maximum atomic E-state index is 12.1. The Hall–Kier alpha value is -1.83. The summed E-state index contributed by atoms with van der Waals surface area (Å²) in [5.74, 6) is 3.77. The average molecular weight is 321 g/mol. The Balaban J connectivity index is 1.53. The molecule has 22 heavy (non-hydrogen) atoms. The molecule has 1 atom stereocenters. The summed E-state index contributed by atoms with van der Waals surface area (Å²) in [6.07, 6.45) is 5.59. The predicted molar refractivity (Wildman–Crippen MR) is 82.4 cm³/mol. The smallest absolute Gasteiger partial charge is 0.246 e. The lowest BCUT2D eigenvalue weighted by Crippen LogP contribution is -2.30. The lowest BCUT2D eigenvalue weighted by atomic mass is 10.0. The first-order valence-corrected chi connectivity index (χ1v) is 8.56. The minimum Gasteiger partial charge on any atom is -0.345 e. The topological polar surface area (TPSA) is 85.8 Å². The van der Waals surface area contributed by atoms with E-state index >= 15 is 0 Å². The van der Waals surface area contributed by atoms with Crippen LogP contribution in [0, 0.1) is 0 Å². The molecule has 1 fully saturated rings. The highest BCUT2D eigenvalue weighted by atomic mass is 32.2. The number of carbonyl (C=O) groups is 1. The number of rotatable bonds is 5. The number of hydrogen-bond acceptors (Lipinski definition) is 6. The van der Waals surface area contributed by atoms with E-state index in [1.807, 2.05) is 11.8 Å². The van der Waals surface area contributed by atoms with Crippen LogP contribution in [0.25, 0.3) is 0 Å². The van der Waals surface area contributed by atoms with Crippen LogP contribution in [0.1, 0.15) is 43.4 Å². The van der Waals surface area contributed by atoms with Gasteiger partial charge in [0.25, 0.3) is 0 Å². The van der Waals surface area contributed by atoms with Crippen LogP contribution in [-0.4, -0.2) is 37.3 Å². The number of carbonyl (C=O) groups excluding carboxylic acids is 1. The van der Waals surface area contributed by atoms with E-state index in [1.54, 1.807) is 30.1 Å². The summed E-state index contributed by atoms with van der Waals surface area (Å²) in [6, 6.07) is 1.42. The maximum absolute atomic E-state index is 12.1. The molecular weight excluding hydrogens is 302 g/mol. The molecule has 8 heteroatoms. The van der Waals surface area contributed by atoms with Gasteiger partial charge < -0.3 is 9.84 Å². The van der Waals surface area contributed by atoms with Crippen LogP contribution in [0.4, 0.5) is 0 Å². The summed E-state index contributed by atoms with van der Waals surface area (Å²) in [6.45, 7) is 2.04. The third-order valence-corrected chi connectivity index (χ3v) is 4.83. The number of nitrogens with zero attached hydrogens (tertiary/aromatic N) is 4. The van der Waals surface area contributed by atoms with Gasteiger partial charge in [0.2, 0.25) is 11.8 Å². The van der Waals surface area contributed by atoms with Crippen LogP contribution in [0.3, 0.4) is 0 Å². The van der Waals surface area contributed by atoms with Crippen molar-refractivity contribution in [2.45, 2.75) is 38.3 Å². The normalized spacial score (nSPS) is 17.3. The summed E-state index contributed by atoms with van der Waals surface area (Å²) < 4.78 is 6.84. The molecule has 0 aliphatic carbocycles. The van der Waals surface area contributed by atoms with Crippen LogP contribution in [0.5, 0.6) is 0 Å². The second-order valence-electron chi connectivity index (χ2n) is 5.31. The molecule has 0 aromatic carbocycles. The van der Waals surface area contributed by atoms with Crippen molar-refractivity contribution in [1.82, 2.24) is 25.2 Å². The van der Waals surface area contributed by atoms with Gasteiger partial charge in [-0.3, -0.25) is 9.48 Å². The third kappa shape index (κ3) is 3.49.